The molecule has 0 aliphatic rings. The van der Waals surface area contributed by atoms with Gasteiger partial charge in [-0.2, -0.15) is 8.78 Å². The average molecular weight is 195 g/mol. The third kappa shape index (κ3) is 2.96. The van der Waals surface area contributed by atoms with Crippen molar-refractivity contribution in [3.63, 3.8) is 0 Å². The van der Waals surface area contributed by atoms with E-state index in [-0.39, 0.29) is 6.42 Å². The monoisotopic (exact) mass is 195 g/mol. The normalized spacial score (nSPS) is 13.5. The van der Waals surface area contributed by atoms with E-state index in [4.69, 9.17) is 0 Å². The second-order valence-corrected chi connectivity index (χ2v) is 2.42. The highest BCUT2D eigenvalue weighted by Crippen LogP contribution is 2.23. The molecule has 0 bridgehead atoms. The Bertz CT molecular complexity index is 215. The van der Waals surface area contributed by atoms with E-state index in [9.17, 15) is 23.5 Å². The van der Waals surface area contributed by atoms with Gasteiger partial charge in [-0.3, -0.25) is 4.79 Å². The first-order valence-electron chi connectivity index (χ1n) is 3.58. The smallest absolute Gasteiger partial charge is 0.323 e. The first-order valence-corrected chi connectivity index (χ1v) is 3.58. The van der Waals surface area contributed by atoms with Gasteiger partial charge < -0.3 is 14.6 Å². The Morgan fingerprint density at radius 1 is 1.54 bits per heavy atom. The van der Waals surface area contributed by atoms with Crippen LogP contribution in [0.3, 0.4) is 0 Å². The van der Waals surface area contributed by atoms with Crippen molar-refractivity contribution in [3.8, 4) is 0 Å². The maximum absolute atomic E-state index is 12.6. The van der Waals surface area contributed by atoms with E-state index < -0.39 is 24.0 Å². The number of hydrogen-bond acceptors (Lipinski definition) is 4. The zero-order chi connectivity index (χ0) is 10.6. The molecule has 1 unspecified atom stereocenters. The highest BCUT2D eigenvalue weighted by molar-refractivity contribution is 5.75. The van der Waals surface area contributed by atoms with Crippen molar-refractivity contribution in [1.82, 2.24) is 0 Å². The lowest BCUT2D eigenvalue weighted by Gasteiger charge is -2.25. The number of carbonyl (C=O) groups excluding carboxylic acids is 2. The van der Waals surface area contributed by atoms with Gasteiger partial charge >= 0.3 is 11.9 Å². The van der Waals surface area contributed by atoms with Gasteiger partial charge in [-0.05, 0) is 6.42 Å². The summed E-state index contributed by atoms with van der Waals surface area (Å²) in [4.78, 5) is 20.3. The molecule has 4 nitrogen and oxygen atoms in total. The van der Waals surface area contributed by atoms with Gasteiger partial charge in [-0.1, -0.05) is 6.92 Å². The van der Waals surface area contributed by atoms with Crippen molar-refractivity contribution >= 4 is 11.9 Å². The van der Waals surface area contributed by atoms with Crippen LogP contribution in [0.2, 0.25) is 0 Å². The van der Waals surface area contributed by atoms with Crippen LogP contribution in [0.4, 0.5) is 8.78 Å². The van der Waals surface area contributed by atoms with Crippen molar-refractivity contribution in [2.75, 3.05) is 0 Å². The van der Waals surface area contributed by atoms with Crippen LogP contribution in [0.1, 0.15) is 20.3 Å². The van der Waals surface area contributed by atoms with E-state index in [1.165, 1.54) is 6.92 Å². The Morgan fingerprint density at radius 2 is 2.00 bits per heavy atom. The zero-order valence-electron chi connectivity index (χ0n) is 7.17. The molecule has 0 heterocycles. The van der Waals surface area contributed by atoms with Gasteiger partial charge in [0.15, 0.2) is 6.10 Å². The fraction of sp³-hybridized carbons (Fsp3) is 0.714. The van der Waals surface area contributed by atoms with Gasteiger partial charge in [-0.15, -0.1) is 0 Å². The van der Waals surface area contributed by atoms with Crippen molar-refractivity contribution in [2.45, 2.75) is 32.3 Å². The number of rotatable bonds is 4. The standard InChI is InChI=1S/C7H10F2O4/c1-3-5(13-4(2)10)7(8,9)6(11)12/h5H,3H2,1-2H3,(H,11,12)/p-1. The molecule has 76 valence electrons. The predicted molar refractivity (Wildman–Crippen MR) is 35.8 cm³/mol. The Hall–Kier alpha value is -1.20. The summed E-state index contributed by atoms with van der Waals surface area (Å²) < 4.78 is 29.4. The number of halogens is 2. The molecular formula is C7H9F2O4-. The summed E-state index contributed by atoms with van der Waals surface area (Å²) in [6, 6.07) is 0. The van der Waals surface area contributed by atoms with Gasteiger partial charge in [0.25, 0.3) is 0 Å². The third-order valence-electron chi connectivity index (χ3n) is 1.36. The first kappa shape index (κ1) is 11.8. The van der Waals surface area contributed by atoms with Crippen molar-refractivity contribution in [3.05, 3.63) is 0 Å². The zero-order valence-corrected chi connectivity index (χ0v) is 7.17. The molecule has 0 aromatic heterocycles. The minimum absolute atomic E-state index is 0.291. The number of hydrogen-bond donors (Lipinski definition) is 0. The summed E-state index contributed by atoms with van der Waals surface area (Å²) in [6.07, 6.45) is -2.25. The number of carbonyl (C=O) groups is 2. The van der Waals surface area contributed by atoms with E-state index in [1.807, 2.05) is 0 Å². The molecular weight excluding hydrogens is 186 g/mol. The fourth-order valence-corrected chi connectivity index (χ4v) is 0.745. The maximum atomic E-state index is 12.6. The van der Waals surface area contributed by atoms with E-state index in [0.717, 1.165) is 6.92 Å². The SMILES string of the molecule is CCC(OC(C)=O)C(F)(F)C(=O)[O-]. The van der Waals surface area contributed by atoms with Crippen LogP contribution >= 0.6 is 0 Å². The van der Waals surface area contributed by atoms with Crippen molar-refractivity contribution in [1.29, 1.82) is 0 Å². The van der Waals surface area contributed by atoms with Gasteiger partial charge in [0, 0.05) is 6.92 Å². The topological polar surface area (TPSA) is 66.4 Å². The molecule has 0 fully saturated rings. The maximum Gasteiger partial charge on any atom is 0.323 e. The summed E-state index contributed by atoms with van der Waals surface area (Å²) in [7, 11) is 0. The van der Waals surface area contributed by atoms with E-state index in [0.29, 0.717) is 0 Å². The van der Waals surface area contributed by atoms with Gasteiger partial charge in [0.1, 0.15) is 5.97 Å². The highest BCUT2D eigenvalue weighted by atomic mass is 19.3. The summed E-state index contributed by atoms with van der Waals surface area (Å²) in [5.41, 5.74) is 0. The van der Waals surface area contributed by atoms with E-state index in [1.54, 1.807) is 0 Å². The van der Waals surface area contributed by atoms with Crippen LogP contribution in [0.15, 0.2) is 0 Å². The predicted octanol–water partition coefficient (Wildman–Crippen LogP) is -0.287. The van der Waals surface area contributed by atoms with Crippen LogP contribution in [0, 0.1) is 0 Å². The summed E-state index contributed by atoms with van der Waals surface area (Å²) >= 11 is 0. The Kier molecular flexibility index (Phi) is 3.77. The molecule has 0 aliphatic heterocycles. The first-order chi connectivity index (χ1) is 5.82. The molecule has 13 heavy (non-hydrogen) atoms. The van der Waals surface area contributed by atoms with Gasteiger partial charge in [0.2, 0.25) is 0 Å². The molecule has 0 aromatic carbocycles. The molecule has 0 aromatic rings. The molecule has 0 radical (unpaired) electrons. The van der Waals surface area contributed by atoms with Crippen molar-refractivity contribution in [2.24, 2.45) is 0 Å². The van der Waals surface area contributed by atoms with Crippen LogP contribution in [-0.4, -0.2) is 24.0 Å². The minimum atomic E-state index is -4.14. The summed E-state index contributed by atoms with van der Waals surface area (Å²) in [6.45, 7) is 2.21. The molecule has 0 saturated carbocycles. The number of ether oxygens (including phenoxy) is 1. The van der Waals surface area contributed by atoms with Crippen LogP contribution in [0.5, 0.6) is 0 Å². The van der Waals surface area contributed by atoms with Gasteiger partial charge in [-0.25, -0.2) is 0 Å². The van der Waals surface area contributed by atoms with Crippen LogP contribution in [-0.2, 0) is 14.3 Å². The fourth-order valence-electron chi connectivity index (χ4n) is 0.745. The van der Waals surface area contributed by atoms with Crippen LogP contribution in [0.25, 0.3) is 0 Å². The van der Waals surface area contributed by atoms with Crippen LogP contribution < -0.4 is 5.11 Å². The Morgan fingerprint density at radius 3 is 2.23 bits per heavy atom. The molecule has 0 spiro atoms. The molecule has 1 atom stereocenters. The number of carboxylic acid groups (broad SMARTS) is 1. The molecule has 0 rings (SSSR count). The minimum Gasteiger partial charge on any atom is -0.544 e. The second-order valence-electron chi connectivity index (χ2n) is 2.42. The number of alkyl halides is 2. The lowest BCUT2D eigenvalue weighted by molar-refractivity contribution is -0.336. The number of carboxylic acids is 1. The lowest BCUT2D eigenvalue weighted by atomic mass is 10.1. The largest absolute Gasteiger partial charge is 0.544 e. The summed E-state index contributed by atoms with van der Waals surface area (Å²) in [5, 5.41) is 9.95. The third-order valence-corrected chi connectivity index (χ3v) is 1.36. The summed E-state index contributed by atoms with van der Waals surface area (Å²) in [5.74, 6) is -7.63. The molecule has 6 heteroatoms. The van der Waals surface area contributed by atoms with Gasteiger partial charge in [0.05, 0.1) is 0 Å². The molecule has 0 aliphatic carbocycles. The number of aliphatic carboxylic acids is 1. The molecule has 0 amide bonds. The van der Waals surface area contributed by atoms with E-state index in [2.05, 4.69) is 4.74 Å². The quantitative estimate of drug-likeness (QED) is 0.578. The lowest BCUT2D eigenvalue weighted by Crippen LogP contribution is -2.50. The number of esters is 1. The Labute approximate surface area is 73.5 Å². The Balaban J connectivity index is 4.55. The van der Waals surface area contributed by atoms with E-state index >= 15 is 0 Å². The highest BCUT2D eigenvalue weighted by Gasteiger charge is 2.42. The van der Waals surface area contributed by atoms with Crippen molar-refractivity contribution < 1.29 is 28.2 Å². The molecule has 0 N–H and O–H groups in total. The molecule has 0 saturated heterocycles. The second kappa shape index (κ2) is 4.15. The average Bonchev–Trinajstić information content (AvgIpc) is 1.99.